The molecule has 0 saturated carbocycles. The molecule has 1 amide bonds. The number of fused-ring (bicyclic) bond motifs is 2. The third kappa shape index (κ3) is 2.94. The van der Waals surface area contributed by atoms with Crippen LogP contribution in [0.5, 0.6) is 5.75 Å². The van der Waals surface area contributed by atoms with Crippen molar-refractivity contribution in [3.05, 3.63) is 53.6 Å². The first kappa shape index (κ1) is 16.3. The van der Waals surface area contributed by atoms with Crippen molar-refractivity contribution < 1.29 is 13.9 Å². The van der Waals surface area contributed by atoms with E-state index in [0.717, 1.165) is 0 Å². The monoisotopic (exact) mass is 355 g/mol. The molecule has 0 radical (unpaired) electrons. The third-order valence-electron chi connectivity index (χ3n) is 4.29. The van der Waals surface area contributed by atoms with Crippen LogP contribution in [-0.4, -0.2) is 33.2 Å². The fraction of sp³-hybridized carbons (Fsp3) is 0.278. The number of carbonyl (C=O) groups excluding carboxylic acids is 1. The van der Waals surface area contributed by atoms with Gasteiger partial charge in [-0.1, -0.05) is 0 Å². The van der Waals surface area contributed by atoms with E-state index in [1.165, 1.54) is 22.8 Å². The number of hydrogen-bond acceptors (Lipinski definition) is 5. The topological polar surface area (TPSA) is 80.6 Å². The summed E-state index contributed by atoms with van der Waals surface area (Å²) in [5.41, 5.74) is 1.51. The van der Waals surface area contributed by atoms with E-state index in [4.69, 9.17) is 4.74 Å². The Balaban J connectivity index is 1.82. The Bertz CT molecular complexity index is 987. The summed E-state index contributed by atoms with van der Waals surface area (Å²) in [6.07, 6.45) is 2.91. The maximum absolute atomic E-state index is 13.8. The second-order valence-corrected chi connectivity index (χ2v) is 6.33. The van der Waals surface area contributed by atoms with Crippen LogP contribution in [0, 0.1) is 5.82 Å². The third-order valence-corrected chi connectivity index (χ3v) is 4.29. The van der Waals surface area contributed by atoms with Crippen molar-refractivity contribution in [2.24, 2.45) is 0 Å². The SMILES string of the molecule is C[C@@H]1CNC(=O)c2cnn3ccc(nc23)N[C@H](C)c2cc(F)ccc2O1. The molecule has 3 aromatic rings. The Morgan fingerprint density at radius 2 is 2.15 bits per heavy atom. The number of ether oxygens (including phenoxy) is 1. The number of aromatic nitrogens is 3. The number of amides is 1. The lowest BCUT2D eigenvalue weighted by atomic mass is 10.1. The molecule has 0 spiro atoms. The second-order valence-electron chi connectivity index (χ2n) is 6.33. The van der Waals surface area contributed by atoms with Crippen molar-refractivity contribution in [1.29, 1.82) is 0 Å². The van der Waals surface area contributed by atoms with E-state index in [9.17, 15) is 9.18 Å². The number of rotatable bonds is 0. The molecule has 0 unspecified atom stereocenters. The van der Waals surface area contributed by atoms with Gasteiger partial charge in [-0.05, 0) is 38.1 Å². The molecule has 1 aromatic carbocycles. The molecule has 26 heavy (non-hydrogen) atoms. The van der Waals surface area contributed by atoms with E-state index in [0.29, 0.717) is 34.9 Å². The number of carbonyl (C=O) groups is 1. The quantitative estimate of drug-likeness (QED) is 0.648. The number of anilines is 1. The highest BCUT2D eigenvalue weighted by Crippen LogP contribution is 2.29. The molecule has 0 fully saturated rings. The van der Waals surface area contributed by atoms with Crippen molar-refractivity contribution in [2.75, 3.05) is 11.9 Å². The molecule has 134 valence electrons. The van der Waals surface area contributed by atoms with Gasteiger partial charge in [-0.2, -0.15) is 5.10 Å². The van der Waals surface area contributed by atoms with Gasteiger partial charge in [0.25, 0.3) is 5.91 Å². The van der Waals surface area contributed by atoms with Crippen LogP contribution in [0.3, 0.4) is 0 Å². The van der Waals surface area contributed by atoms with Crippen LogP contribution in [0.2, 0.25) is 0 Å². The standard InChI is InChI=1S/C18H18FN5O2/c1-10-8-20-18(25)14-9-21-24-6-5-16(23-17(14)24)22-11(2)13-7-12(19)3-4-15(13)26-10/h3-7,9-11H,8H2,1-2H3,(H,20,25)(H,22,23)/t10-,11-/m1/s1. The minimum atomic E-state index is -0.340. The van der Waals surface area contributed by atoms with Gasteiger partial charge in [0.15, 0.2) is 5.65 Å². The number of benzene rings is 1. The number of nitrogens with zero attached hydrogens (tertiary/aromatic N) is 3. The Kier molecular flexibility index (Phi) is 3.95. The zero-order chi connectivity index (χ0) is 18.3. The van der Waals surface area contributed by atoms with Crippen LogP contribution in [0.25, 0.3) is 5.65 Å². The van der Waals surface area contributed by atoms with E-state index in [2.05, 4.69) is 20.7 Å². The number of halogens is 1. The van der Waals surface area contributed by atoms with Crippen LogP contribution >= 0.6 is 0 Å². The molecular formula is C18H18FN5O2. The first-order valence-corrected chi connectivity index (χ1v) is 8.36. The molecule has 2 aromatic heterocycles. The zero-order valence-corrected chi connectivity index (χ0v) is 14.4. The molecule has 8 heteroatoms. The molecule has 0 saturated heterocycles. The Morgan fingerprint density at radius 1 is 1.31 bits per heavy atom. The molecular weight excluding hydrogens is 337 g/mol. The van der Waals surface area contributed by atoms with E-state index in [1.54, 1.807) is 18.3 Å². The van der Waals surface area contributed by atoms with Gasteiger partial charge in [0.05, 0.1) is 18.8 Å². The van der Waals surface area contributed by atoms with Gasteiger partial charge in [0.2, 0.25) is 0 Å². The van der Waals surface area contributed by atoms with E-state index in [1.807, 2.05) is 13.8 Å². The summed E-state index contributed by atoms with van der Waals surface area (Å²) in [7, 11) is 0. The maximum atomic E-state index is 13.8. The lowest BCUT2D eigenvalue weighted by Crippen LogP contribution is -2.33. The molecule has 7 nitrogen and oxygen atoms in total. The highest BCUT2D eigenvalue weighted by atomic mass is 19.1. The summed E-state index contributed by atoms with van der Waals surface area (Å²) in [5, 5.41) is 10.2. The summed E-state index contributed by atoms with van der Waals surface area (Å²) in [4.78, 5) is 17.0. The van der Waals surface area contributed by atoms with Crippen LogP contribution in [0.1, 0.15) is 35.8 Å². The molecule has 2 atom stereocenters. The fourth-order valence-corrected chi connectivity index (χ4v) is 2.96. The van der Waals surface area contributed by atoms with Gasteiger partial charge in [-0.3, -0.25) is 4.79 Å². The molecule has 0 aliphatic carbocycles. The van der Waals surface area contributed by atoms with Crippen LogP contribution in [0.4, 0.5) is 10.2 Å². The Morgan fingerprint density at radius 3 is 3.00 bits per heavy atom. The highest BCUT2D eigenvalue weighted by Gasteiger charge is 2.20. The molecule has 4 rings (SSSR count). The molecule has 3 heterocycles. The van der Waals surface area contributed by atoms with Crippen LogP contribution in [-0.2, 0) is 0 Å². The van der Waals surface area contributed by atoms with Crippen molar-refractivity contribution in [1.82, 2.24) is 19.9 Å². The minimum absolute atomic E-state index is 0.251. The largest absolute Gasteiger partial charge is 0.489 e. The summed E-state index contributed by atoms with van der Waals surface area (Å²) in [6, 6.07) is 5.91. The molecule has 1 aliphatic heterocycles. The average molecular weight is 355 g/mol. The molecule has 2 N–H and O–H groups in total. The summed E-state index contributed by atoms with van der Waals surface area (Å²) >= 11 is 0. The van der Waals surface area contributed by atoms with E-state index >= 15 is 0 Å². The second kappa shape index (κ2) is 6.29. The van der Waals surface area contributed by atoms with Gasteiger partial charge in [0.1, 0.15) is 29.1 Å². The fourth-order valence-electron chi connectivity index (χ4n) is 2.96. The average Bonchev–Trinajstić information content (AvgIpc) is 3.03. The summed E-state index contributed by atoms with van der Waals surface area (Å²) < 4.78 is 21.3. The predicted octanol–water partition coefficient (Wildman–Crippen LogP) is 2.55. The van der Waals surface area contributed by atoms with Gasteiger partial charge >= 0.3 is 0 Å². The van der Waals surface area contributed by atoms with Crippen molar-refractivity contribution in [3.63, 3.8) is 0 Å². The van der Waals surface area contributed by atoms with Crippen molar-refractivity contribution >= 4 is 17.4 Å². The Labute approximate surface area is 149 Å². The van der Waals surface area contributed by atoms with Gasteiger partial charge < -0.3 is 15.4 Å². The van der Waals surface area contributed by atoms with Crippen LogP contribution < -0.4 is 15.4 Å². The highest BCUT2D eigenvalue weighted by molar-refractivity contribution is 5.99. The van der Waals surface area contributed by atoms with Gasteiger partial charge in [-0.15, -0.1) is 0 Å². The zero-order valence-electron chi connectivity index (χ0n) is 14.4. The first-order chi connectivity index (χ1) is 12.5. The maximum Gasteiger partial charge on any atom is 0.256 e. The predicted molar refractivity (Wildman–Crippen MR) is 93.8 cm³/mol. The van der Waals surface area contributed by atoms with E-state index < -0.39 is 0 Å². The van der Waals surface area contributed by atoms with Crippen LogP contribution in [0.15, 0.2) is 36.7 Å². The summed E-state index contributed by atoms with van der Waals surface area (Å²) in [6.45, 7) is 4.05. The summed E-state index contributed by atoms with van der Waals surface area (Å²) in [5.74, 6) is 0.512. The minimum Gasteiger partial charge on any atom is -0.489 e. The van der Waals surface area contributed by atoms with E-state index in [-0.39, 0.29) is 23.9 Å². The number of hydrogen-bond donors (Lipinski definition) is 2. The molecule has 2 bridgehead atoms. The lowest BCUT2D eigenvalue weighted by molar-refractivity contribution is 0.0933. The lowest BCUT2D eigenvalue weighted by Gasteiger charge is -2.21. The molecule has 1 aliphatic rings. The first-order valence-electron chi connectivity index (χ1n) is 8.36. The normalized spacial score (nSPS) is 20.2. The van der Waals surface area contributed by atoms with Crippen molar-refractivity contribution in [2.45, 2.75) is 26.0 Å². The van der Waals surface area contributed by atoms with Gasteiger partial charge in [-0.25, -0.2) is 13.9 Å². The van der Waals surface area contributed by atoms with Crippen molar-refractivity contribution in [3.8, 4) is 5.75 Å². The smallest absolute Gasteiger partial charge is 0.256 e. The number of nitrogens with one attached hydrogen (secondary N) is 2. The van der Waals surface area contributed by atoms with Gasteiger partial charge in [0, 0.05) is 11.8 Å². The Hall–Kier alpha value is -3.16.